The van der Waals surface area contributed by atoms with Gasteiger partial charge < -0.3 is 9.13 Å². The smallest absolute Gasteiger partial charge is 0.309 e. The van der Waals surface area contributed by atoms with Crippen molar-refractivity contribution in [3.63, 3.8) is 0 Å². The van der Waals surface area contributed by atoms with E-state index < -0.39 is 87.1 Å². The van der Waals surface area contributed by atoms with Gasteiger partial charge in [-0.25, -0.2) is 0 Å². The Morgan fingerprint density at radius 3 is 1.16 bits per heavy atom. The standard InChI is InChI=1S/C61H29F18N3/c62-56(63,64)36-15-17-40(47(28-36)60(74,75)76)32-13-20-51-44(25-32)42-7-1-3-9-49(42)81(51)53-19-12-31(35-22-38(58(68,69)70)27-39(23-35)59(71,72)73)24-46(53)55-34(30-80)6-5-11-54(55)82-50-10-4-2-8-43(50)45-26-33(14-21-52(45)82)41-18-16-37(57(65,66)67)29-48(41)61(77,78)79/h1-29H. The van der Waals surface area contributed by atoms with E-state index in [4.69, 9.17) is 0 Å². The summed E-state index contributed by atoms with van der Waals surface area (Å²) in [5, 5.41) is 12.2. The summed E-state index contributed by atoms with van der Waals surface area (Å²) in [5.74, 6) is 0. The summed E-state index contributed by atoms with van der Waals surface area (Å²) in [6.45, 7) is 0. The maximum atomic E-state index is 14.6. The van der Waals surface area contributed by atoms with Crippen molar-refractivity contribution < 1.29 is 79.0 Å². The average Bonchev–Trinajstić information content (AvgIpc) is 2.91. The van der Waals surface area contributed by atoms with Gasteiger partial charge in [-0.1, -0.05) is 72.8 Å². The molecular formula is C61H29F18N3. The number of benzene rings is 9. The quantitative estimate of drug-likeness (QED) is 0.153. The molecular weight excluding hydrogens is 1120 g/mol. The van der Waals surface area contributed by atoms with E-state index in [1.165, 1.54) is 72.8 Å². The molecule has 0 spiro atoms. The molecule has 0 N–H and O–H groups in total. The van der Waals surface area contributed by atoms with Gasteiger partial charge in [0.05, 0.1) is 78.5 Å². The second-order valence-electron chi connectivity index (χ2n) is 19.0. The maximum absolute atomic E-state index is 14.6. The van der Waals surface area contributed by atoms with E-state index in [9.17, 15) is 84.3 Å². The van der Waals surface area contributed by atoms with Crippen LogP contribution in [-0.2, 0) is 37.1 Å². The zero-order chi connectivity index (χ0) is 58.8. The Hall–Kier alpha value is -9.19. The molecule has 11 rings (SSSR count). The molecule has 2 aromatic heterocycles. The Balaban J connectivity index is 1.21. The predicted molar refractivity (Wildman–Crippen MR) is 272 cm³/mol. The highest BCUT2D eigenvalue weighted by Crippen LogP contribution is 2.49. The number of para-hydroxylation sites is 2. The lowest BCUT2D eigenvalue weighted by Gasteiger charge is -2.21. The van der Waals surface area contributed by atoms with Crippen LogP contribution in [0.15, 0.2) is 176 Å². The second kappa shape index (κ2) is 19.0. The lowest BCUT2D eigenvalue weighted by atomic mass is 9.91. The van der Waals surface area contributed by atoms with Crippen molar-refractivity contribution in [1.82, 2.24) is 9.13 Å². The van der Waals surface area contributed by atoms with Crippen molar-refractivity contribution in [1.29, 1.82) is 5.26 Å². The highest BCUT2D eigenvalue weighted by molar-refractivity contribution is 6.13. The van der Waals surface area contributed by atoms with Crippen molar-refractivity contribution in [2.24, 2.45) is 0 Å². The number of hydrogen-bond donors (Lipinski definition) is 0. The molecule has 0 unspecified atom stereocenters. The summed E-state index contributed by atoms with van der Waals surface area (Å²) in [4.78, 5) is 0. The largest absolute Gasteiger partial charge is 0.417 e. The Labute approximate surface area is 449 Å². The van der Waals surface area contributed by atoms with Crippen LogP contribution in [0.4, 0.5) is 79.0 Å². The number of halogens is 18. The molecule has 21 heteroatoms. The van der Waals surface area contributed by atoms with Gasteiger partial charge in [-0.2, -0.15) is 84.3 Å². The fourth-order valence-corrected chi connectivity index (χ4v) is 10.5. The van der Waals surface area contributed by atoms with Gasteiger partial charge in [-0.15, -0.1) is 0 Å². The average molecular weight is 1150 g/mol. The van der Waals surface area contributed by atoms with E-state index in [-0.39, 0.29) is 84.8 Å². The monoisotopic (exact) mass is 1150 g/mol. The molecule has 82 heavy (non-hydrogen) atoms. The first-order valence-electron chi connectivity index (χ1n) is 24.0. The van der Waals surface area contributed by atoms with Crippen LogP contribution in [0.5, 0.6) is 0 Å². The lowest BCUT2D eigenvalue weighted by Crippen LogP contribution is -2.12. The Kier molecular flexibility index (Phi) is 12.7. The number of alkyl halides is 18. The molecule has 11 aromatic rings. The van der Waals surface area contributed by atoms with Gasteiger partial charge in [-0.05, 0) is 137 Å². The molecule has 2 heterocycles. The summed E-state index contributed by atoms with van der Waals surface area (Å²) >= 11 is 0. The molecule has 0 fully saturated rings. The first-order valence-corrected chi connectivity index (χ1v) is 24.0. The minimum atomic E-state index is -5.29. The topological polar surface area (TPSA) is 33.6 Å². The molecule has 0 aliphatic carbocycles. The van der Waals surface area contributed by atoms with E-state index >= 15 is 0 Å². The SMILES string of the molecule is N#Cc1cccc(-n2c3ccccc3c3cc(-c4ccc(C(F)(F)F)cc4C(F)(F)F)ccc32)c1-c1cc(-c2cc(C(F)(F)F)cc(C(F)(F)F)c2)ccc1-n1c2ccccc2c2cc(-c3ccc(C(F)(F)F)cc3C(F)(F)F)ccc21. The van der Waals surface area contributed by atoms with E-state index in [1.54, 1.807) is 57.7 Å². The Morgan fingerprint density at radius 2 is 0.720 bits per heavy atom. The van der Waals surface area contributed by atoms with Crippen LogP contribution < -0.4 is 0 Å². The molecule has 0 amide bonds. The highest BCUT2D eigenvalue weighted by Gasteiger charge is 2.41. The molecule has 0 bridgehead atoms. The number of fused-ring (bicyclic) bond motifs is 6. The van der Waals surface area contributed by atoms with Crippen LogP contribution in [0, 0.1) is 11.3 Å². The van der Waals surface area contributed by atoms with Crippen LogP contribution in [-0.4, -0.2) is 9.13 Å². The van der Waals surface area contributed by atoms with Crippen molar-refractivity contribution in [3.8, 4) is 62.0 Å². The van der Waals surface area contributed by atoms with Crippen LogP contribution in [0.1, 0.15) is 38.9 Å². The number of nitrogens with zero attached hydrogens (tertiary/aromatic N) is 3. The lowest BCUT2D eigenvalue weighted by molar-refractivity contribution is -0.144. The molecule has 9 aromatic carbocycles. The Morgan fingerprint density at radius 1 is 0.293 bits per heavy atom. The summed E-state index contributed by atoms with van der Waals surface area (Å²) in [6, 6.07) is 34.0. The number of rotatable bonds is 6. The van der Waals surface area contributed by atoms with Crippen LogP contribution in [0.2, 0.25) is 0 Å². The normalized spacial score (nSPS) is 13.0. The minimum Gasteiger partial charge on any atom is -0.309 e. The molecule has 0 atom stereocenters. The predicted octanol–water partition coefficient (Wildman–Crippen LogP) is 20.5. The first-order chi connectivity index (χ1) is 38.4. The number of hydrogen-bond acceptors (Lipinski definition) is 1. The second-order valence-corrected chi connectivity index (χ2v) is 19.0. The summed E-state index contributed by atoms with van der Waals surface area (Å²) in [5.41, 5.74) is -11.0. The van der Waals surface area contributed by atoms with Crippen molar-refractivity contribution in [2.45, 2.75) is 37.1 Å². The van der Waals surface area contributed by atoms with Crippen molar-refractivity contribution in [3.05, 3.63) is 215 Å². The zero-order valence-electron chi connectivity index (χ0n) is 40.9. The molecule has 0 aliphatic rings. The summed E-state index contributed by atoms with van der Waals surface area (Å²) in [6.07, 6.45) is -31.4. The third kappa shape index (κ3) is 9.58. The van der Waals surface area contributed by atoms with E-state index in [1.807, 2.05) is 0 Å². The molecule has 0 saturated carbocycles. The van der Waals surface area contributed by atoms with Crippen LogP contribution >= 0.6 is 0 Å². The van der Waals surface area contributed by atoms with Crippen molar-refractivity contribution in [2.75, 3.05) is 0 Å². The molecule has 3 nitrogen and oxygen atoms in total. The minimum absolute atomic E-state index is 0.00343. The van der Waals surface area contributed by atoms with Crippen LogP contribution in [0.3, 0.4) is 0 Å². The molecule has 0 saturated heterocycles. The van der Waals surface area contributed by atoms with Gasteiger partial charge in [-0.3, -0.25) is 0 Å². The summed E-state index contributed by atoms with van der Waals surface area (Å²) < 4.78 is 260. The Bertz CT molecular complexity index is 4410. The zero-order valence-corrected chi connectivity index (χ0v) is 40.9. The van der Waals surface area contributed by atoms with Gasteiger partial charge in [0.1, 0.15) is 0 Å². The van der Waals surface area contributed by atoms with E-state index in [0.717, 1.165) is 0 Å². The maximum Gasteiger partial charge on any atom is 0.417 e. The third-order valence-electron chi connectivity index (χ3n) is 14.1. The van der Waals surface area contributed by atoms with E-state index in [2.05, 4.69) is 6.07 Å². The van der Waals surface area contributed by atoms with Gasteiger partial charge >= 0.3 is 37.1 Å². The van der Waals surface area contributed by atoms with Crippen molar-refractivity contribution >= 4 is 43.6 Å². The van der Waals surface area contributed by atoms with Gasteiger partial charge in [0.15, 0.2) is 0 Å². The highest BCUT2D eigenvalue weighted by atomic mass is 19.4. The van der Waals surface area contributed by atoms with Crippen LogP contribution in [0.25, 0.3) is 99.5 Å². The summed E-state index contributed by atoms with van der Waals surface area (Å²) in [7, 11) is 0. The number of nitriles is 1. The molecule has 414 valence electrons. The first kappa shape index (κ1) is 54.8. The van der Waals surface area contributed by atoms with Gasteiger partial charge in [0.2, 0.25) is 0 Å². The van der Waals surface area contributed by atoms with E-state index in [0.29, 0.717) is 58.2 Å². The molecule has 0 radical (unpaired) electrons. The molecule has 0 aliphatic heterocycles. The van der Waals surface area contributed by atoms with Gasteiger partial charge in [0.25, 0.3) is 0 Å². The van der Waals surface area contributed by atoms with Gasteiger partial charge in [0, 0.05) is 32.7 Å². The number of aromatic nitrogens is 2. The fraction of sp³-hybridized carbons (Fsp3) is 0.0984. The fourth-order valence-electron chi connectivity index (χ4n) is 10.5. The third-order valence-corrected chi connectivity index (χ3v) is 14.1.